The van der Waals surface area contributed by atoms with E-state index in [1.54, 1.807) is 6.92 Å². The number of benzene rings is 1. The van der Waals surface area contributed by atoms with Gasteiger partial charge in [-0.05, 0) is 38.8 Å². The van der Waals surface area contributed by atoms with Crippen LogP contribution in [0.3, 0.4) is 0 Å². The first-order valence-corrected chi connectivity index (χ1v) is 10.00. The first-order chi connectivity index (χ1) is 12.0. The predicted octanol–water partition coefficient (Wildman–Crippen LogP) is 3.42. The number of amides is 2. The zero-order chi connectivity index (χ0) is 17.8. The molecule has 1 atom stereocenters. The zero-order valence-corrected chi connectivity index (χ0v) is 15.7. The third kappa shape index (κ3) is 5.27. The molecule has 6 nitrogen and oxygen atoms in total. The minimum atomic E-state index is -0.350. The standard InChI is InChI=1S/C17H20N4O2S2/c1-10-3-7-13(8-4-10)18-14(22)9-24-11(2)15(23)19-17-21-20-16(25-17)12-5-6-12/h3-4,7-8,11-12H,5-6,9H2,1-2H3,(H,18,22)(H,19,21,23). The number of anilines is 2. The van der Waals surface area contributed by atoms with Crippen LogP contribution in [-0.4, -0.2) is 33.0 Å². The number of nitrogens with one attached hydrogen (secondary N) is 2. The van der Waals surface area contributed by atoms with Crippen molar-refractivity contribution in [2.45, 2.75) is 37.9 Å². The van der Waals surface area contributed by atoms with E-state index < -0.39 is 0 Å². The zero-order valence-electron chi connectivity index (χ0n) is 14.1. The Morgan fingerprint density at radius 1 is 1.24 bits per heavy atom. The van der Waals surface area contributed by atoms with Crippen molar-refractivity contribution < 1.29 is 9.59 Å². The maximum Gasteiger partial charge on any atom is 0.239 e. The van der Waals surface area contributed by atoms with Gasteiger partial charge in [0.25, 0.3) is 0 Å². The molecule has 0 spiro atoms. The van der Waals surface area contributed by atoms with E-state index in [0.717, 1.165) is 29.1 Å². The number of rotatable bonds is 7. The third-order valence-corrected chi connectivity index (χ3v) is 5.91. The quantitative estimate of drug-likeness (QED) is 0.773. The van der Waals surface area contributed by atoms with Gasteiger partial charge in [0.2, 0.25) is 16.9 Å². The first-order valence-electron chi connectivity index (χ1n) is 8.13. The van der Waals surface area contributed by atoms with Gasteiger partial charge in [0.15, 0.2) is 0 Å². The van der Waals surface area contributed by atoms with Crippen molar-refractivity contribution in [3.8, 4) is 0 Å². The fourth-order valence-corrected chi connectivity index (χ4v) is 3.70. The van der Waals surface area contributed by atoms with E-state index >= 15 is 0 Å². The van der Waals surface area contributed by atoms with Crippen molar-refractivity contribution in [1.29, 1.82) is 0 Å². The average Bonchev–Trinajstić information content (AvgIpc) is 3.34. The van der Waals surface area contributed by atoms with Crippen LogP contribution in [0.25, 0.3) is 0 Å². The lowest BCUT2D eigenvalue weighted by atomic mass is 10.2. The van der Waals surface area contributed by atoms with Crippen LogP contribution >= 0.6 is 23.1 Å². The van der Waals surface area contributed by atoms with Gasteiger partial charge in [-0.1, -0.05) is 29.0 Å². The Bertz CT molecular complexity index is 756. The van der Waals surface area contributed by atoms with Crippen molar-refractivity contribution in [3.63, 3.8) is 0 Å². The Labute approximate surface area is 154 Å². The second-order valence-corrected chi connectivity index (χ2v) is 8.41. The molecule has 0 bridgehead atoms. The average molecular weight is 377 g/mol. The molecule has 132 valence electrons. The van der Waals surface area contributed by atoms with Crippen LogP contribution in [0, 0.1) is 6.92 Å². The predicted molar refractivity (Wildman–Crippen MR) is 102 cm³/mol. The van der Waals surface area contributed by atoms with Gasteiger partial charge in [-0.2, -0.15) is 0 Å². The summed E-state index contributed by atoms with van der Waals surface area (Å²) in [6.45, 7) is 3.77. The summed E-state index contributed by atoms with van der Waals surface area (Å²) in [5.74, 6) is 0.457. The number of aromatic nitrogens is 2. The number of hydrogen-bond acceptors (Lipinski definition) is 6. The van der Waals surface area contributed by atoms with Gasteiger partial charge in [-0.3, -0.25) is 14.9 Å². The summed E-state index contributed by atoms with van der Waals surface area (Å²) in [6, 6.07) is 7.61. The Morgan fingerprint density at radius 3 is 2.64 bits per heavy atom. The van der Waals surface area contributed by atoms with Crippen LogP contribution in [0.2, 0.25) is 0 Å². The Balaban J connectivity index is 1.42. The molecular formula is C17H20N4O2S2. The third-order valence-electron chi connectivity index (χ3n) is 3.77. The highest BCUT2D eigenvalue weighted by Crippen LogP contribution is 2.42. The maximum atomic E-state index is 12.2. The summed E-state index contributed by atoms with van der Waals surface area (Å²) in [7, 11) is 0. The molecule has 1 saturated carbocycles. The summed E-state index contributed by atoms with van der Waals surface area (Å²) < 4.78 is 0. The lowest BCUT2D eigenvalue weighted by molar-refractivity contribution is -0.115. The molecule has 2 N–H and O–H groups in total. The number of carbonyl (C=O) groups excluding carboxylic acids is 2. The molecule has 2 aromatic rings. The van der Waals surface area contributed by atoms with E-state index in [9.17, 15) is 9.59 Å². The van der Waals surface area contributed by atoms with Crippen LogP contribution in [0.15, 0.2) is 24.3 Å². The number of aryl methyl sites for hydroxylation is 1. The van der Waals surface area contributed by atoms with Crippen molar-refractivity contribution in [1.82, 2.24) is 10.2 Å². The molecule has 3 rings (SSSR count). The number of hydrogen-bond donors (Lipinski definition) is 2. The lowest BCUT2D eigenvalue weighted by Crippen LogP contribution is -2.25. The lowest BCUT2D eigenvalue weighted by Gasteiger charge is -2.10. The maximum absolute atomic E-state index is 12.2. The van der Waals surface area contributed by atoms with Gasteiger partial charge >= 0.3 is 0 Å². The first kappa shape index (κ1) is 17.9. The fraction of sp³-hybridized carbons (Fsp3) is 0.412. The summed E-state index contributed by atoms with van der Waals surface area (Å²) in [5, 5.41) is 14.9. The second-order valence-electron chi connectivity index (χ2n) is 6.08. The van der Waals surface area contributed by atoms with Crippen molar-refractivity contribution in [2.75, 3.05) is 16.4 Å². The summed E-state index contributed by atoms with van der Waals surface area (Å²) in [4.78, 5) is 24.2. The molecule has 1 unspecified atom stereocenters. The molecule has 0 radical (unpaired) electrons. The van der Waals surface area contributed by atoms with Crippen LogP contribution < -0.4 is 10.6 Å². The van der Waals surface area contributed by atoms with Crippen molar-refractivity contribution >= 4 is 45.7 Å². The van der Waals surface area contributed by atoms with Crippen LogP contribution in [0.1, 0.15) is 36.3 Å². The number of thioether (sulfide) groups is 1. The van der Waals surface area contributed by atoms with Gasteiger partial charge in [0.05, 0.1) is 11.0 Å². The van der Waals surface area contributed by atoms with Gasteiger partial charge in [-0.25, -0.2) is 0 Å². The number of nitrogens with zero attached hydrogens (tertiary/aromatic N) is 2. The summed E-state index contributed by atoms with van der Waals surface area (Å²) >= 11 is 2.73. The van der Waals surface area contributed by atoms with Crippen LogP contribution in [0.4, 0.5) is 10.8 Å². The molecule has 1 aromatic carbocycles. The molecule has 1 heterocycles. The van der Waals surface area contributed by atoms with E-state index in [-0.39, 0.29) is 22.8 Å². The molecule has 0 saturated heterocycles. The second kappa shape index (κ2) is 7.97. The Hall–Kier alpha value is -1.93. The van der Waals surface area contributed by atoms with Gasteiger partial charge in [0.1, 0.15) is 5.01 Å². The van der Waals surface area contributed by atoms with Crippen molar-refractivity contribution in [2.24, 2.45) is 0 Å². The topological polar surface area (TPSA) is 84.0 Å². The molecule has 2 amide bonds. The molecular weight excluding hydrogens is 356 g/mol. The van der Waals surface area contributed by atoms with E-state index in [4.69, 9.17) is 0 Å². The minimum Gasteiger partial charge on any atom is -0.325 e. The highest BCUT2D eigenvalue weighted by atomic mass is 32.2. The van der Waals surface area contributed by atoms with E-state index in [1.807, 2.05) is 31.2 Å². The largest absolute Gasteiger partial charge is 0.325 e. The SMILES string of the molecule is Cc1ccc(NC(=O)CSC(C)C(=O)Nc2nnc(C3CC3)s2)cc1. The molecule has 1 fully saturated rings. The van der Waals surface area contributed by atoms with E-state index in [2.05, 4.69) is 20.8 Å². The molecule has 8 heteroatoms. The van der Waals surface area contributed by atoms with Gasteiger partial charge in [-0.15, -0.1) is 22.0 Å². The molecule has 0 aliphatic heterocycles. The molecule has 1 aromatic heterocycles. The van der Waals surface area contributed by atoms with Gasteiger partial charge in [0, 0.05) is 11.6 Å². The number of carbonyl (C=O) groups is 2. The summed E-state index contributed by atoms with van der Waals surface area (Å²) in [5.41, 5.74) is 1.90. The van der Waals surface area contributed by atoms with E-state index in [0.29, 0.717) is 11.0 Å². The van der Waals surface area contributed by atoms with Gasteiger partial charge < -0.3 is 5.32 Å². The highest BCUT2D eigenvalue weighted by molar-refractivity contribution is 8.01. The fourth-order valence-electron chi connectivity index (χ4n) is 2.10. The Morgan fingerprint density at radius 2 is 1.96 bits per heavy atom. The minimum absolute atomic E-state index is 0.125. The normalized spacial score (nSPS) is 14.8. The van der Waals surface area contributed by atoms with Crippen LogP contribution in [0.5, 0.6) is 0 Å². The van der Waals surface area contributed by atoms with Crippen molar-refractivity contribution in [3.05, 3.63) is 34.8 Å². The molecule has 25 heavy (non-hydrogen) atoms. The summed E-state index contributed by atoms with van der Waals surface area (Å²) in [6.07, 6.45) is 2.32. The van der Waals surface area contributed by atoms with E-state index in [1.165, 1.54) is 23.1 Å². The highest BCUT2D eigenvalue weighted by Gasteiger charge is 2.28. The monoisotopic (exact) mass is 376 g/mol. The molecule has 1 aliphatic rings. The van der Waals surface area contributed by atoms with Crippen LogP contribution in [-0.2, 0) is 9.59 Å². The Kier molecular flexibility index (Phi) is 5.70. The smallest absolute Gasteiger partial charge is 0.239 e. The molecule has 1 aliphatic carbocycles.